The monoisotopic (exact) mass is 640 g/mol. The van der Waals surface area contributed by atoms with Gasteiger partial charge in [-0.3, -0.25) is 9.59 Å². The van der Waals surface area contributed by atoms with E-state index in [0.29, 0.717) is 49.7 Å². The molecule has 0 aromatic rings. The van der Waals surface area contributed by atoms with Crippen molar-refractivity contribution in [2.75, 3.05) is 26.4 Å². The van der Waals surface area contributed by atoms with Crippen LogP contribution >= 0.6 is 0 Å². The van der Waals surface area contributed by atoms with Gasteiger partial charge < -0.3 is 38.3 Å². The lowest BCUT2D eigenvalue weighted by atomic mass is 10.1. The highest BCUT2D eigenvalue weighted by Gasteiger charge is 2.37. The van der Waals surface area contributed by atoms with Crippen molar-refractivity contribution >= 4 is 29.8 Å². The SMILES string of the molecule is C=C(C)C(=O)OCCCCC(=O)OC1C[C@H](OC(O)CCCCOC(=O)C(=C)C)[C@H](OC(=O)CCCCOC(=O)C(=C)C)CO1. The highest BCUT2D eigenvalue weighted by molar-refractivity contribution is 5.87. The summed E-state index contributed by atoms with van der Waals surface area (Å²) in [5.41, 5.74) is 0.876. The molecule has 0 saturated carbocycles. The van der Waals surface area contributed by atoms with Crippen LogP contribution in [0, 0.1) is 0 Å². The molecule has 0 radical (unpaired) electrons. The van der Waals surface area contributed by atoms with Crippen LogP contribution in [-0.4, -0.2) is 86.2 Å². The molecular formula is C32H48O13. The van der Waals surface area contributed by atoms with Gasteiger partial charge in [-0.15, -0.1) is 0 Å². The molecule has 0 bridgehead atoms. The van der Waals surface area contributed by atoms with E-state index in [4.69, 9.17) is 33.2 Å². The molecule has 1 aliphatic heterocycles. The molecule has 1 N–H and O–H groups in total. The molecule has 0 aliphatic carbocycles. The van der Waals surface area contributed by atoms with Crippen molar-refractivity contribution < 1.29 is 62.2 Å². The molecule has 45 heavy (non-hydrogen) atoms. The number of hydrogen-bond donors (Lipinski definition) is 1. The maximum atomic E-state index is 12.5. The average molecular weight is 641 g/mol. The van der Waals surface area contributed by atoms with Gasteiger partial charge >= 0.3 is 29.8 Å². The predicted molar refractivity (Wildman–Crippen MR) is 160 cm³/mol. The normalized spacial score (nSPS) is 18.2. The number of rotatable bonds is 22. The zero-order valence-corrected chi connectivity index (χ0v) is 26.7. The average Bonchev–Trinajstić information content (AvgIpc) is 2.97. The van der Waals surface area contributed by atoms with Gasteiger partial charge in [-0.25, -0.2) is 14.4 Å². The molecule has 0 amide bonds. The molecule has 0 aromatic carbocycles. The Bertz CT molecular complexity index is 1030. The number of esters is 5. The van der Waals surface area contributed by atoms with Gasteiger partial charge in [0, 0.05) is 36.0 Å². The van der Waals surface area contributed by atoms with E-state index >= 15 is 0 Å². The lowest BCUT2D eigenvalue weighted by Gasteiger charge is -2.36. The molecule has 1 fully saturated rings. The zero-order valence-electron chi connectivity index (χ0n) is 26.7. The van der Waals surface area contributed by atoms with E-state index in [1.54, 1.807) is 20.8 Å². The van der Waals surface area contributed by atoms with Crippen LogP contribution in [0.2, 0.25) is 0 Å². The molecule has 1 heterocycles. The molecular weight excluding hydrogens is 592 g/mol. The molecule has 1 rings (SSSR count). The summed E-state index contributed by atoms with van der Waals surface area (Å²) in [7, 11) is 0. The number of ether oxygens (including phenoxy) is 7. The fraction of sp³-hybridized carbons (Fsp3) is 0.656. The van der Waals surface area contributed by atoms with Crippen LogP contribution in [0.1, 0.15) is 85.0 Å². The van der Waals surface area contributed by atoms with Gasteiger partial charge in [0.05, 0.1) is 26.4 Å². The van der Waals surface area contributed by atoms with Crippen LogP contribution in [0.3, 0.4) is 0 Å². The van der Waals surface area contributed by atoms with E-state index in [-0.39, 0.29) is 57.7 Å². The van der Waals surface area contributed by atoms with E-state index in [1.807, 2.05) is 0 Å². The van der Waals surface area contributed by atoms with Crippen molar-refractivity contribution in [2.24, 2.45) is 0 Å². The minimum Gasteiger partial charge on any atom is -0.462 e. The fourth-order valence-corrected chi connectivity index (χ4v) is 3.79. The summed E-state index contributed by atoms with van der Waals surface area (Å²) < 4.78 is 37.5. The standard InChI is InChI=1S/C32H48O13/c1-21(2)30(36)39-16-10-7-13-26(33)43-24-19-29(45-28(35)15-9-12-18-41-32(38)23(5)6)42-20-25(24)44-27(34)14-8-11-17-40-31(37)22(3)4/h24-26,29,33H,1,3,5,7-20H2,2,4,6H3/t24-,25+,26?,29?/m0/s1. The van der Waals surface area contributed by atoms with Gasteiger partial charge in [0.2, 0.25) is 6.29 Å². The minimum absolute atomic E-state index is 0.00402. The second-order valence-corrected chi connectivity index (χ2v) is 10.8. The van der Waals surface area contributed by atoms with E-state index in [1.165, 1.54) is 0 Å². The Labute approximate surface area is 264 Å². The van der Waals surface area contributed by atoms with Gasteiger partial charge in [-0.2, -0.15) is 0 Å². The first-order valence-electron chi connectivity index (χ1n) is 15.1. The minimum atomic E-state index is -1.23. The maximum Gasteiger partial charge on any atom is 0.333 e. The Kier molecular flexibility index (Phi) is 19.3. The van der Waals surface area contributed by atoms with Crippen LogP contribution < -0.4 is 0 Å². The Morgan fingerprint density at radius 3 is 1.60 bits per heavy atom. The molecule has 2 unspecified atom stereocenters. The fourth-order valence-electron chi connectivity index (χ4n) is 3.79. The van der Waals surface area contributed by atoms with Gasteiger partial charge in [0.1, 0.15) is 6.10 Å². The number of carbonyl (C=O) groups excluding carboxylic acids is 5. The lowest BCUT2D eigenvalue weighted by Crippen LogP contribution is -2.48. The summed E-state index contributed by atoms with van der Waals surface area (Å²) in [4.78, 5) is 59.3. The second kappa shape index (κ2) is 22.0. The highest BCUT2D eigenvalue weighted by atomic mass is 16.7. The van der Waals surface area contributed by atoms with Crippen molar-refractivity contribution in [1.82, 2.24) is 0 Å². The molecule has 0 spiro atoms. The number of unbranched alkanes of at least 4 members (excludes halogenated alkanes) is 3. The van der Waals surface area contributed by atoms with E-state index in [9.17, 15) is 29.1 Å². The van der Waals surface area contributed by atoms with Gasteiger partial charge in [-0.1, -0.05) is 19.7 Å². The second-order valence-electron chi connectivity index (χ2n) is 10.8. The highest BCUT2D eigenvalue weighted by Crippen LogP contribution is 2.24. The number of aliphatic hydroxyl groups is 1. The van der Waals surface area contributed by atoms with Crippen molar-refractivity contribution in [3.8, 4) is 0 Å². The van der Waals surface area contributed by atoms with Crippen molar-refractivity contribution in [3.05, 3.63) is 36.5 Å². The van der Waals surface area contributed by atoms with Crippen molar-refractivity contribution in [2.45, 2.75) is 110 Å². The lowest BCUT2D eigenvalue weighted by molar-refractivity contribution is -0.255. The summed E-state index contributed by atoms with van der Waals surface area (Å²) >= 11 is 0. The Morgan fingerprint density at radius 1 is 0.689 bits per heavy atom. The summed E-state index contributed by atoms with van der Waals surface area (Å²) in [6, 6.07) is 0. The van der Waals surface area contributed by atoms with Crippen molar-refractivity contribution in [1.29, 1.82) is 0 Å². The first-order valence-corrected chi connectivity index (χ1v) is 15.1. The van der Waals surface area contributed by atoms with Crippen LogP contribution in [0.5, 0.6) is 0 Å². The molecule has 1 aliphatic rings. The third-order valence-electron chi connectivity index (χ3n) is 6.30. The molecule has 254 valence electrons. The smallest absolute Gasteiger partial charge is 0.333 e. The summed E-state index contributed by atoms with van der Waals surface area (Å²) in [6.45, 7) is 15.5. The number of hydrogen-bond acceptors (Lipinski definition) is 13. The van der Waals surface area contributed by atoms with Gasteiger partial charge in [0.25, 0.3) is 0 Å². The third kappa shape index (κ3) is 18.1. The maximum absolute atomic E-state index is 12.5. The van der Waals surface area contributed by atoms with E-state index in [2.05, 4.69) is 19.7 Å². The Morgan fingerprint density at radius 2 is 1.13 bits per heavy atom. The molecule has 4 atom stereocenters. The number of aliphatic hydroxyl groups excluding tert-OH is 1. The summed E-state index contributed by atoms with van der Waals surface area (Å²) in [5.74, 6) is -2.54. The van der Waals surface area contributed by atoms with Gasteiger partial charge in [-0.05, 0) is 65.7 Å². The summed E-state index contributed by atoms with van der Waals surface area (Å²) in [5, 5.41) is 10.5. The predicted octanol–water partition coefficient (Wildman–Crippen LogP) is 3.76. The van der Waals surface area contributed by atoms with Crippen LogP contribution in [-0.2, 0) is 57.1 Å². The van der Waals surface area contributed by atoms with Crippen molar-refractivity contribution in [3.63, 3.8) is 0 Å². The van der Waals surface area contributed by atoms with E-state index < -0.39 is 54.6 Å². The van der Waals surface area contributed by atoms with Crippen LogP contribution in [0.4, 0.5) is 0 Å². The first-order chi connectivity index (χ1) is 21.3. The molecule has 13 heteroatoms. The third-order valence-corrected chi connectivity index (χ3v) is 6.30. The summed E-state index contributed by atoms with van der Waals surface area (Å²) in [6.07, 6.45) is -0.893. The molecule has 0 aromatic heterocycles. The number of carbonyl (C=O) groups is 5. The Hall–Kier alpha value is -3.55. The molecule has 13 nitrogen and oxygen atoms in total. The zero-order chi connectivity index (χ0) is 33.8. The first kappa shape index (κ1) is 39.5. The Balaban J connectivity index is 2.59. The molecule has 1 saturated heterocycles. The topological polar surface area (TPSA) is 170 Å². The van der Waals surface area contributed by atoms with Crippen LogP contribution in [0.25, 0.3) is 0 Å². The quantitative estimate of drug-likeness (QED) is 0.0597. The van der Waals surface area contributed by atoms with Gasteiger partial charge in [0.15, 0.2) is 12.4 Å². The van der Waals surface area contributed by atoms with Crippen LogP contribution in [0.15, 0.2) is 36.5 Å². The largest absolute Gasteiger partial charge is 0.462 e. The van der Waals surface area contributed by atoms with E-state index in [0.717, 1.165) is 0 Å².